The molecule has 1 saturated heterocycles. The van der Waals surface area contributed by atoms with Crippen molar-refractivity contribution >= 4 is 17.7 Å². The molecule has 6 heteroatoms. The molecule has 0 saturated carbocycles. The van der Waals surface area contributed by atoms with Gasteiger partial charge in [-0.05, 0) is 30.9 Å². The maximum absolute atomic E-state index is 12.5. The van der Waals surface area contributed by atoms with Crippen molar-refractivity contribution in [1.82, 2.24) is 0 Å². The molecule has 0 amide bonds. The molecule has 6 nitrogen and oxygen atoms in total. The molecule has 1 heterocycles. The van der Waals surface area contributed by atoms with Gasteiger partial charge in [-0.25, -0.2) is 4.79 Å². The molecule has 1 aliphatic heterocycles. The normalized spacial score (nSPS) is 27.5. The first kappa shape index (κ1) is 21.1. The molecule has 1 fully saturated rings. The number of esters is 2. The topological polar surface area (TPSA) is 78.9 Å². The van der Waals surface area contributed by atoms with E-state index in [9.17, 15) is 14.4 Å². The second-order valence-electron chi connectivity index (χ2n) is 7.16. The van der Waals surface area contributed by atoms with Crippen LogP contribution >= 0.6 is 0 Å². The van der Waals surface area contributed by atoms with Crippen molar-refractivity contribution in [3.05, 3.63) is 36.0 Å². The lowest BCUT2D eigenvalue weighted by Gasteiger charge is -2.23. The van der Waals surface area contributed by atoms with Crippen LogP contribution in [0, 0.1) is 11.8 Å². The van der Waals surface area contributed by atoms with Crippen LogP contribution in [0.2, 0.25) is 0 Å². The van der Waals surface area contributed by atoms with Crippen LogP contribution in [0.5, 0.6) is 0 Å². The highest BCUT2D eigenvalue weighted by atomic mass is 16.6. The molecule has 0 N–H and O–H groups in total. The van der Waals surface area contributed by atoms with Crippen LogP contribution in [0.1, 0.15) is 39.5 Å². The molecular formula is C21H28O6. The van der Waals surface area contributed by atoms with E-state index in [0.717, 1.165) is 5.57 Å². The fraction of sp³-hybridized carbons (Fsp3) is 0.571. The zero-order chi connectivity index (χ0) is 20.1. The van der Waals surface area contributed by atoms with Gasteiger partial charge in [-0.15, -0.1) is 0 Å². The van der Waals surface area contributed by atoms with Crippen molar-refractivity contribution in [3.63, 3.8) is 0 Å². The predicted molar refractivity (Wildman–Crippen MR) is 99.8 cm³/mol. The van der Waals surface area contributed by atoms with Crippen LogP contribution in [-0.2, 0) is 28.6 Å². The van der Waals surface area contributed by atoms with E-state index in [1.54, 1.807) is 6.08 Å². The largest absolute Gasteiger partial charge is 0.461 e. The van der Waals surface area contributed by atoms with E-state index >= 15 is 0 Å². The van der Waals surface area contributed by atoms with Gasteiger partial charge < -0.3 is 14.2 Å². The third kappa shape index (κ3) is 4.95. The summed E-state index contributed by atoms with van der Waals surface area (Å²) in [6.45, 7) is 11.5. The maximum Gasteiger partial charge on any atom is 0.334 e. The van der Waals surface area contributed by atoms with Gasteiger partial charge in [0.05, 0.1) is 12.0 Å². The Morgan fingerprint density at radius 2 is 2.04 bits per heavy atom. The standard InChI is InChI=1S/C21H28O6/c1-6-12(2)20(23)26-11-15-7-8-18(25-5)14(4)17(22)10-16-13(3)21(24)27-19(16)9-15/h9,12,16,18-19H,3-4,6-8,10-11H2,1-2,5H3/t12?,16-,18+,19+/m0/s1. The molecule has 2 aliphatic rings. The summed E-state index contributed by atoms with van der Waals surface area (Å²) in [5.41, 5.74) is 1.48. The van der Waals surface area contributed by atoms with Gasteiger partial charge in [0.2, 0.25) is 0 Å². The van der Waals surface area contributed by atoms with Crippen molar-refractivity contribution in [2.75, 3.05) is 13.7 Å². The van der Waals surface area contributed by atoms with E-state index in [2.05, 4.69) is 13.2 Å². The highest BCUT2D eigenvalue weighted by Gasteiger charge is 2.40. The van der Waals surface area contributed by atoms with E-state index < -0.39 is 24.1 Å². The third-order valence-corrected chi connectivity index (χ3v) is 5.33. The molecule has 0 radical (unpaired) electrons. The third-order valence-electron chi connectivity index (χ3n) is 5.33. The van der Waals surface area contributed by atoms with Crippen molar-refractivity contribution in [2.24, 2.45) is 11.8 Å². The lowest BCUT2D eigenvalue weighted by atomic mass is 9.85. The summed E-state index contributed by atoms with van der Waals surface area (Å²) in [7, 11) is 1.53. The number of rotatable bonds is 5. The second-order valence-corrected chi connectivity index (χ2v) is 7.16. The van der Waals surface area contributed by atoms with Crippen LogP contribution in [0.15, 0.2) is 36.0 Å². The van der Waals surface area contributed by atoms with E-state index in [-0.39, 0.29) is 36.3 Å². The number of ketones is 1. The Morgan fingerprint density at radius 3 is 2.67 bits per heavy atom. The lowest BCUT2D eigenvalue weighted by molar-refractivity contribution is -0.147. The van der Waals surface area contributed by atoms with E-state index in [0.29, 0.717) is 24.8 Å². The molecule has 27 heavy (non-hydrogen) atoms. The summed E-state index contributed by atoms with van der Waals surface area (Å²) in [5, 5.41) is 0. The zero-order valence-corrected chi connectivity index (χ0v) is 16.3. The molecule has 2 rings (SSSR count). The molecule has 148 valence electrons. The number of fused-ring (bicyclic) bond motifs is 1. The Bertz CT molecular complexity index is 674. The highest BCUT2D eigenvalue weighted by Crippen LogP contribution is 2.34. The lowest BCUT2D eigenvalue weighted by Crippen LogP contribution is -2.27. The minimum atomic E-state index is -0.585. The van der Waals surface area contributed by atoms with Crippen molar-refractivity contribution in [3.8, 4) is 0 Å². The number of ether oxygens (including phenoxy) is 3. The number of hydrogen-bond donors (Lipinski definition) is 0. The second kappa shape index (κ2) is 9.13. The molecule has 0 spiro atoms. The number of carbonyl (C=O) groups excluding carboxylic acids is 3. The van der Waals surface area contributed by atoms with E-state index in [4.69, 9.17) is 14.2 Å². The number of methoxy groups -OCH3 is 1. The number of carbonyl (C=O) groups is 3. The van der Waals surface area contributed by atoms with Gasteiger partial charge in [-0.1, -0.05) is 27.0 Å². The van der Waals surface area contributed by atoms with E-state index in [1.807, 2.05) is 13.8 Å². The highest BCUT2D eigenvalue weighted by molar-refractivity contribution is 5.98. The Morgan fingerprint density at radius 1 is 1.33 bits per heavy atom. The molecule has 0 aromatic rings. The van der Waals surface area contributed by atoms with Crippen LogP contribution < -0.4 is 0 Å². The fourth-order valence-corrected chi connectivity index (χ4v) is 3.19. The molecule has 4 atom stereocenters. The minimum absolute atomic E-state index is 0.0877. The van der Waals surface area contributed by atoms with Crippen molar-refractivity contribution in [1.29, 1.82) is 0 Å². The molecule has 1 unspecified atom stereocenters. The summed E-state index contributed by atoms with van der Waals surface area (Å²) < 4.78 is 16.2. The van der Waals surface area contributed by atoms with E-state index in [1.165, 1.54) is 7.11 Å². The van der Waals surface area contributed by atoms with Crippen molar-refractivity contribution < 1.29 is 28.6 Å². The maximum atomic E-state index is 12.5. The van der Waals surface area contributed by atoms with Crippen LogP contribution in [0.25, 0.3) is 0 Å². The first-order valence-electron chi connectivity index (χ1n) is 9.29. The van der Waals surface area contributed by atoms with Gasteiger partial charge in [0.25, 0.3) is 0 Å². The van der Waals surface area contributed by atoms with Gasteiger partial charge in [0.15, 0.2) is 5.78 Å². The van der Waals surface area contributed by atoms with Crippen molar-refractivity contribution in [2.45, 2.75) is 51.7 Å². The quantitative estimate of drug-likeness (QED) is 0.417. The Hall–Kier alpha value is -2.21. The fourth-order valence-electron chi connectivity index (χ4n) is 3.19. The average Bonchev–Trinajstić information content (AvgIpc) is 2.91. The molecule has 1 aliphatic carbocycles. The molecule has 0 bridgehead atoms. The first-order chi connectivity index (χ1) is 12.8. The Balaban J connectivity index is 2.26. The Labute approximate surface area is 160 Å². The zero-order valence-electron chi connectivity index (χ0n) is 16.3. The van der Waals surface area contributed by atoms with Gasteiger partial charge >= 0.3 is 11.9 Å². The smallest absolute Gasteiger partial charge is 0.334 e. The van der Waals surface area contributed by atoms with Crippen LogP contribution in [0.3, 0.4) is 0 Å². The van der Waals surface area contributed by atoms with Gasteiger partial charge in [0, 0.05) is 30.6 Å². The Kier molecular flexibility index (Phi) is 7.13. The summed E-state index contributed by atoms with van der Waals surface area (Å²) in [4.78, 5) is 36.5. The van der Waals surface area contributed by atoms with Gasteiger partial charge in [-0.3, -0.25) is 9.59 Å². The molecule has 0 aromatic heterocycles. The summed E-state index contributed by atoms with van der Waals surface area (Å²) in [6, 6.07) is 0. The van der Waals surface area contributed by atoms with Gasteiger partial charge in [-0.2, -0.15) is 0 Å². The SMILES string of the molecule is C=C1C(=O)C[C@H]2C(=C)C(=O)O[C@@H]2C=C(COC(=O)C(C)CC)CC[C@H]1OC. The first-order valence-corrected chi connectivity index (χ1v) is 9.29. The minimum Gasteiger partial charge on any atom is -0.461 e. The number of hydrogen-bond acceptors (Lipinski definition) is 6. The summed E-state index contributed by atoms with van der Waals surface area (Å²) >= 11 is 0. The predicted octanol–water partition coefficient (Wildman–Crippen LogP) is 2.92. The van der Waals surface area contributed by atoms with Crippen LogP contribution in [0.4, 0.5) is 0 Å². The molecular weight excluding hydrogens is 348 g/mol. The summed E-state index contributed by atoms with van der Waals surface area (Å²) in [5.74, 6) is -1.54. The summed E-state index contributed by atoms with van der Waals surface area (Å²) in [6.07, 6.45) is 2.63. The van der Waals surface area contributed by atoms with Crippen LogP contribution in [-0.4, -0.2) is 43.6 Å². The molecule has 0 aromatic carbocycles. The van der Waals surface area contributed by atoms with Gasteiger partial charge in [0.1, 0.15) is 12.7 Å². The average molecular weight is 376 g/mol. The monoisotopic (exact) mass is 376 g/mol. The number of Topliss-reactive ketones (excluding diaryl/α,β-unsaturated/α-hetero) is 1.